The number of benzene rings is 2. The molecule has 0 unspecified atom stereocenters. The van der Waals surface area contributed by atoms with Gasteiger partial charge in [0.15, 0.2) is 0 Å². The molecule has 0 saturated carbocycles. The molecule has 2 aromatic carbocycles. The summed E-state index contributed by atoms with van der Waals surface area (Å²) >= 11 is 0. The number of hydrogen-bond donors (Lipinski definition) is 2. The van der Waals surface area contributed by atoms with Crippen LogP contribution in [0.15, 0.2) is 42.6 Å². The van der Waals surface area contributed by atoms with Crippen LogP contribution in [0.3, 0.4) is 0 Å². The van der Waals surface area contributed by atoms with Crippen molar-refractivity contribution < 1.29 is 19.0 Å². The van der Waals surface area contributed by atoms with Crippen LogP contribution < -0.4 is 10.1 Å². The van der Waals surface area contributed by atoms with Crippen molar-refractivity contribution in [3.05, 3.63) is 54.0 Å². The predicted molar refractivity (Wildman–Crippen MR) is 90.2 cm³/mol. The molecule has 0 aliphatic carbocycles. The number of halogens is 1. The quantitative estimate of drug-likeness (QED) is 0.763. The molecule has 0 bridgehead atoms. The Balaban J connectivity index is 2.38. The second kappa shape index (κ2) is 6.16. The van der Waals surface area contributed by atoms with Crippen molar-refractivity contribution in [2.75, 3.05) is 19.5 Å². The molecule has 1 aromatic heterocycles. The van der Waals surface area contributed by atoms with E-state index < -0.39 is 11.8 Å². The minimum absolute atomic E-state index is 0.146. The fourth-order valence-electron chi connectivity index (χ4n) is 2.68. The van der Waals surface area contributed by atoms with E-state index in [1.165, 1.54) is 31.4 Å². The summed E-state index contributed by atoms with van der Waals surface area (Å²) in [6.45, 7) is 0. The van der Waals surface area contributed by atoms with E-state index >= 15 is 0 Å². The van der Waals surface area contributed by atoms with Crippen LogP contribution in [0.2, 0.25) is 0 Å². The van der Waals surface area contributed by atoms with E-state index in [1.54, 1.807) is 25.4 Å². The fourth-order valence-corrected chi connectivity index (χ4v) is 2.68. The molecule has 6 heteroatoms. The molecule has 0 atom stereocenters. The van der Waals surface area contributed by atoms with Gasteiger partial charge in [-0.1, -0.05) is 0 Å². The summed E-state index contributed by atoms with van der Waals surface area (Å²) < 4.78 is 19.1. The maximum absolute atomic E-state index is 13.7. The van der Waals surface area contributed by atoms with Gasteiger partial charge < -0.3 is 15.2 Å². The van der Waals surface area contributed by atoms with Gasteiger partial charge in [-0.25, -0.2) is 14.2 Å². The molecule has 0 spiro atoms. The Morgan fingerprint density at radius 1 is 1.17 bits per heavy atom. The summed E-state index contributed by atoms with van der Waals surface area (Å²) in [6.07, 6.45) is 1.58. The number of rotatable bonds is 4. The smallest absolute Gasteiger partial charge is 0.335 e. The standard InChI is InChI=1S/C18H15FN2O3/c1-20-17-12-5-3-10(18(22)23)7-13(12)15(9-21-17)14-8-11(19)4-6-16(14)24-2/h3-9H,1-2H3,(H,20,21)(H,22,23). The SMILES string of the molecule is CNc1ncc(-c2cc(F)ccc2OC)c2cc(C(=O)O)ccc12. The largest absolute Gasteiger partial charge is 0.496 e. The van der Waals surface area contributed by atoms with E-state index in [9.17, 15) is 14.3 Å². The first-order valence-corrected chi connectivity index (χ1v) is 7.23. The van der Waals surface area contributed by atoms with Gasteiger partial charge in [0.05, 0.1) is 12.7 Å². The van der Waals surface area contributed by atoms with Gasteiger partial charge in [-0.2, -0.15) is 0 Å². The number of carboxylic acid groups (broad SMARTS) is 1. The number of aromatic nitrogens is 1. The number of carboxylic acids is 1. The minimum Gasteiger partial charge on any atom is -0.496 e. The average molecular weight is 326 g/mol. The molecule has 1 heterocycles. The molecule has 24 heavy (non-hydrogen) atoms. The van der Waals surface area contributed by atoms with Crippen molar-refractivity contribution >= 4 is 22.6 Å². The van der Waals surface area contributed by atoms with Gasteiger partial charge in [0.1, 0.15) is 17.4 Å². The molecule has 0 fully saturated rings. The number of hydrogen-bond acceptors (Lipinski definition) is 4. The van der Waals surface area contributed by atoms with E-state index in [4.69, 9.17) is 4.74 Å². The van der Waals surface area contributed by atoms with E-state index in [2.05, 4.69) is 10.3 Å². The lowest BCUT2D eigenvalue weighted by molar-refractivity contribution is 0.0697. The van der Waals surface area contributed by atoms with Gasteiger partial charge in [0.2, 0.25) is 0 Å². The number of anilines is 1. The first kappa shape index (κ1) is 15.7. The highest BCUT2D eigenvalue weighted by atomic mass is 19.1. The van der Waals surface area contributed by atoms with E-state index in [0.717, 1.165) is 5.39 Å². The Kier molecular flexibility index (Phi) is 4.04. The third-order valence-corrected chi connectivity index (χ3v) is 3.82. The molecule has 0 saturated heterocycles. The maximum atomic E-state index is 13.7. The van der Waals surface area contributed by atoms with Gasteiger partial charge in [-0.3, -0.25) is 0 Å². The summed E-state index contributed by atoms with van der Waals surface area (Å²) in [4.78, 5) is 15.7. The van der Waals surface area contributed by atoms with Crippen molar-refractivity contribution in [1.82, 2.24) is 4.98 Å². The van der Waals surface area contributed by atoms with Gasteiger partial charge in [0, 0.05) is 29.8 Å². The van der Waals surface area contributed by atoms with Crippen LogP contribution in [0.5, 0.6) is 5.75 Å². The van der Waals surface area contributed by atoms with Crippen molar-refractivity contribution in [1.29, 1.82) is 0 Å². The third-order valence-electron chi connectivity index (χ3n) is 3.82. The van der Waals surface area contributed by atoms with Gasteiger partial charge in [0.25, 0.3) is 0 Å². The van der Waals surface area contributed by atoms with Crippen LogP contribution in [0.4, 0.5) is 10.2 Å². The highest BCUT2D eigenvalue weighted by molar-refractivity contribution is 6.05. The monoisotopic (exact) mass is 326 g/mol. The average Bonchev–Trinajstić information content (AvgIpc) is 2.60. The van der Waals surface area contributed by atoms with Gasteiger partial charge in [-0.05, 0) is 41.8 Å². The molecule has 2 N–H and O–H groups in total. The number of aromatic carboxylic acids is 1. The van der Waals surface area contributed by atoms with Crippen LogP contribution in [0.1, 0.15) is 10.4 Å². The predicted octanol–water partition coefficient (Wildman–Crippen LogP) is 3.79. The summed E-state index contributed by atoms with van der Waals surface area (Å²) in [7, 11) is 3.23. The second-order valence-corrected chi connectivity index (χ2v) is 5.18. The Hall–Kier alpha value is -3.15. The van der Waals surface area contributed by atoms with Crippen molar-refractivity contribution in [3.8, 4) is 16.9 Å². The number of ether oxygens (including phenoxy) is 1. The molecule has 122 valence electrons. The Morgan fingerprint density at radius 3 is 2.62 bits per heavy atom. The van der Waals surface area contributed by atoms with Crippen LogP contribution >= 0.6 is 0 Å². The Bertz CT molecular complexity index is 941. The maximum Gasteiger partial charge on any atom is 0.335 e. The number of carbonyl (C=O) groups is 1. The number of methoxy groups -OCH3 is 1. The van der Waals surface area contributed by atoms with E-state index in [-0.39, 0.29) is 5.56 Å². The van der Waals surface area contributed by atoms with Crippen molar-refractivity contribution in [3.63, 3.8) is 0 Å². The molecule has 0 radical (unpaired) electrons. The topological polar surface area (TPSA) is 71.5 Å². The number of nitrogens with one attached hydrogen (secondary N) is 1. The molecule has 0 amide bonds. The minimum atomic E-state index is -1.03. The normalized spacial score (nSPS) is 10.6. The molecular formula is C18H15FN2O3. The lowest BCUT2D eigenvalue weighted by Gasteiger charge is -2.14. The summed E-state index contributed by atoms with van der Waals surface area (Å²) in [5.41, 5.74) is 1.26. The van der Waals surface area contributed by atoms with Crippen LogP contribution in [0, 0.1) is 5.82 Å². The Labute approximate surface area is 137 Å². The molecule has 3 aromatic rings. The lowest BCUT2D eigenvalue weighted by atomic mass is 9.97. The number of fused-ring (bicyclic) bond motifs is 1. The number of nitrogens with zero attached hydrogens (tertiary/aromatic N) is 1. The summed E-state index contributed by atoms with van der Waals surface area (Å²) in [5, 5.41) is 13.6. The second-order valence-electron chi connectivity index (χ2n) is 5.18. The first-order valence-electron chi connectivity index (χ1n) is 7.23. The fraction of sp³-hybridized carbons (Fsp3) is 0.111. The molecule has 5 nitrogen and oxygen atoms in total. The zero-order valence-corrected chi connectivity index (χ0v) is 13.1. The zero-order chi connectivity index (χ0) is 17.3. The van der Waals surface area contributed by atoms with Crippen LogP contribution in [-0.2, 0) is 0 Å². The van der Waals surface area contributed by atoms with E-state index in [1.807, 2.05) is 0 Å². The van der Waals surface area contributed by atoms with Gasteiger partial charge in [-0.15, -0.1) is 0 Å². The molecule has 3 rings (SSSR count). The molecule has 0 aliphatic heterocycles. The van der Waals surface area contributed by atoms with Crippen molar-refractivity contribution in [2.45, 2.75) is 0 Å². The highest BCUT2D eigenvalue weighted by Crippen LogP contribution is 2.37. The lowest BCUT2D eigenvalue weighted by Crippen LogP contribution is -2.00. The zero-order valence-electron chi connectivity index (χ0n) is 13.1. The van der Waals surface area contributed by atoms with Crippen LogP contribution in [-0.4, -0.2) is 30.2 Å². The van der Waals surface area contributed by atoms with E-state index in [0.29, 0.717) is 28.1 Å². The number of pyridine rings is 1. The molecular weight excluding hydrogens is 311 g/mol. The summed E-state index contributed by atoms with van der Waals surface area (Å²) in [6, 6.07) is 8.94. The Morgan fingerprint density at radius 2 is 1.96 bits per heavy atom. The third kappa shape index (κ3) is 2.62. The van der Waals surface area contributed by atoms with Crippen molar-refractivity contribution in [2.24, 2.45) is 0 Å². The van der Waals surface area contributed by atoms with Crippen LogP contribution in [0.25, 0.3) is 21.9 Å². The summed E-state index contributed by atoms with van der Waals surface area (Å²) in [5.74, 6) is -0.346. The highest BCUT2D eigenvalue weighted by Gasteiger charge is 2.15. The van der Waals surface area contributed by atoms with Gasteiger partial charge >= 0.3 is 5.97 Å². The molecule has 0 aliphatic rings. The first-order chi connectivity index (χ1) is 11.5.